The van der Waals surface area contributed by atoms with E-state index >= 15 is 0 Å². The average Bonchev–Trinajstić information content (AvgIpc) is 2.83. The number of anilines is 1. The second-order valence-corrected chi connectivity index (χ2v) is 8.45. The fraction of sp³-hybridized carbons (Fsp3) is 0.240. The number of methoxy groups -OCH3 is 1. The van der Waals surface area contributed by atoms with Crippen molar-refractivity contribution in [2.45, 2.75) is 6.61 Å². The van der Waals surface area contributed by atoms with Gasteiger partial charge in [-0.1, -0.05) is 18.2 Å². The van der Waals surface area contributed by atoms with E-state index in [4.69, 9.17) is 14.2 Å². The highest BCUT2D eigenvalue weighted by Gasteiger charge is 2.13. The molecule has 7 heteroatoms. The third kappa shape index (κ3) is 5.58. The lowest BCUT2D eigenvalue weighted by molar-refractivity contribution is 0.122. The Labute approximate surface area is 201 Å². The van der Waals surface area contributed by atoms with Crippen molar-refractivity contribution in [3.63, 3.8) is 0 Å². The summed E-state index contributed by atoms with van der Waals surface area (Å²) in [6.45, 7) is 3.47. The number of nitrogens with zero attached hydrogens (tertiary/aromatic N) is 2. The summed E-state index contributed by atoms with van der Waals surface area (Å²) in [5.74, 6) is 0.880. The second-order valence-electron chi connectivity index (χ2n) is 7.29. The maximum Gasteiger partial charge on any atom is 0.174 e. The van der Waals surface area contributed by atoms with Gasteiger partial charge in [-0.3, -0.25) is 4.99 Å². The van der Waals surface area contributed by atoms with Crippen LogP contribution in [0.25, 0.3) is 0 Å². The molecule has 3 aromatic rings. The number of aliphatic imine (C=N–C) groups is 1. The fourth-order valence-electron chi connectivity index (χ4n) is 3.44. The van der Waals surface area contributed by atoms with E-state index in [1.165, 1.54) is 11.8 Å². The molecule has 1 saturated heterocycles. The van der Waals surface area contributed by atoms with Crippen molar-refractivity contribution in [2.75, 3.05) is 38.3 Å². The van der Waals surface area contributed by atoms with Crippen LogP contribution in [0.3, 0.4) is 0 Å². The minimum absolute atomic E-state index is 0.127. The van der Waals surface area contributed by atoms with Crippen LogP contribution in [-0.2, 0) is 11.3 Å². The molecule has 0 saturated carbocycles. The maximum atomic E-state index is 13.9. The van der Waals surface area contributed by atoms with Crippen LogP contribution in [0.5, 0.6) is 11.5 Å². The van der Waals surface area contributed by atoms with E-state index in [1.807, 2.05) is 24.3 Å². The van der Waals surface area contributed by atoms with Crippen molar-refractivity contribution in [2.24, 2.45) is 4.99 Å². The van der Waals surface area contributed by atoms with Crippen LogP contribution < -0.4 is 14.4 Å². The van der Waals surface area contributed by atoms with E-state index in [1.54, 1.807) is 31.5 Å². The first-order chi connectivity index (χ1) is 15.6. The highest BCUT2D eigenvalue weighted by atomic mass is 127. The first-order valence-corrected chi connectivity index (χ1v) is 11.4. The van der Waals surface area contributed by atoms with Gasteiger partial charge >= 0.3 is 0 Å². The highest BCUT2D eigenvalue weighted by molar-refractivity contribution is 14.1. The van der Waals surface area contributed by atoms with Gasteiger partial charge in [-0.05, 0) is 70.6 Å². The first kappa shape index (κ1) is 22.5. The molecule has 5 nitrogen and oxygen atoms in total. The monoisotopic (exact) mass is 546 g/mol. The third-order valence-electron chi connectivity index (χ3n) is 5.17. The molecule has 4 rings (SSSR count). The van der Waals surface area contributed by atoms with Crippen LogP contribution in [-0.4, -0.2) is 39.6 Å². The molecule has 3 aromatic carbocycles. The summed E-state index contributed by atoms with van der Waals surface area (Å²) in [6.07, 6.45) is 1.80. The van der Waals surface area contributed by atoms with Crippen molar-refractivity contribution in [1.29, 1.82) is 0 Å². The Kier molecular flexibility index (Phi) is 7.59. The van der Waals surface area contributed by atoms with Gasteiger partial charge in [-0.2, -0.15) is 0 Å². The molecule has 0 spiro atoms. The third-order valence-corrected chi connectivity index (χ3v) is 5.97. The van der Waals surface area contributed by atoms with Crippen LogP contribution >= 0.6 is 22.6 Å². The Hall–Kier alpha value is -2.65. The zero-order valence-corrected chi connectivity index (χ0v) is 19.9. The van der Waals surface area contributed by atoms with Gasteiger partial charge in [0.05, 0.1) is 29.6 Å². The van der Waals surface area contributed by atoms with Gasteiger partial charge in [0, 0.05) is 30.6 Å². The Morgan fingerprint density at radius 2 is 1.84 bits per heavy atom. The molecule has 0 radical (unpaired) electrons. The zero-order chi connectivity index (χ0) is 22.3. The predicted octanol–water partition coefficient (Wildman–Crippen LogP) is 5.61. The molecule has 32 heavy (non-hydrogen) atoms. The SMILES string of the molecule is COc1cc(C=Nc2ccc(N3CCOCC3)cc2)cc(I)c1OCc1ccccc1F. The molecule has 1 aliphatic rings. The average molecular weight is 546 g/mol. The van der Waals surface area contributed by atoms with Crippen molar-refractivity contribution in [3.05, 3.63) is 81.2 Å². The number of hydrogen-bond donors (Lipinski definition) is 0. The molecule has 0 unspecified atom stereocenters. The Morgan fingerprint density at radius 3 is 2.56 bits per heavy atom. The second kappa shape index (κ2) is 10.8. The lowest BCUT2D eigenvalue weighted by Gasteiger charge is -2.28. The molecule has 0 aliphatic carbocycles. The summed E-state index contributed by atoms with van der Waals surface area (Å²) < 4.78 is 31.6. The van der Waals surface area contributed by atoms with Crippen LogP contribution in [0, 0.1) is 9.39 Å². The predicted molar refractivity (Wildman–Crippen MR) is 133 cm³/mol. The fourth-order valence-corrected chi connectivity index (χ4v) is 4.22. The van der Waals surface area contributed by atoms with Crippen molar-refractivity contribution >= 4 is 40.2 Å². The van der Waals surface area contributed by atoms with Gasteiger partial charge in [0.15, 0.2) is 11.5 Å². The summed E-state index contributed by atoms with van der Waals surface area (Å²) in [5, 5.41) is 0. The zero-order valence-electron chi connectivity index (χ0n) is 17.8. The molecule has 166 valence electrons. The first-order valence-electron chi connectivity index (χ1n) is 10.3. The smallest absolute Gasteiger partial charge is 0.174 e. The molecule has 0 bridgehead atoms. The van der Waals surface area contributed by atoms with Crippen LogP contribution in [0.4, 0.5) is 15.8 Å². The summed E-state index contributed by atoms with van der Waals surface area (Å²) >= 11 is 2.19. The highest BCUT2D eigenvalue weighted by Crippen LogP contribution is 2.34. The van der Waals surface area contributed by atoms with E-state index < -0.39 is 0 Å². The van der Waals surface area contributed by atoms with Gasteiger partial charge in [-0.25, -0.2) is 4.39 Å². The molecule has 0 aromatic heterocycles. The molecule has 1 heterocycles. The van der Waals surface area contributed by atoms with Crippen LogP contribution in [0.15, 0.2) is 65.7 Å². The number of benzene rings is 3. The number of ether oxygens (including phenoxy) is 3. The van der Waals surface area contributed by atoms with Crippen molar-refractivity contribution < 1.29 is 18.6 Å². The van der Waals surface area contributed by atoms with E-state index in [0.717, 1.165) is 41.1 Å². The normalized spacial score (nSPS) is 14.0. The maximum absolute atomic E-state index is 13.9. The topological polar surface area (TPSA) is 43.3 Å². The summed E-state index contributed by atoms with van der Waals surface area (Å²) in [6, 6.07) is 18.6. The minimum atomic E-state index is -0.287. The van der Waals surface area contributed by atoms with Crippen molar-refractivity contribution in [3.8, 4) is 11.5 Å². The quantitative estimate of drug-likeness (QED) is 0.286. The van der Waals surface area contributed by atoms with E-state index in [-0.39, 0.29) is 12.4 Å². The minimum Gasteiger partial charge on any atom is -0.493 e. The largest absolute Gasteiger partial charge is 0.493 e. The molecular weight excluding hydrogens is 522 g/mol. The lowest BCUT2D eigenvalue weighted by atomic mass is 10.2. The standard InChI is InChI=1S/C25H24FIN2O3/c1-30-24-15-18(14-23(27)25(24)32-17-19-4-2-3-5-22(19)26)16-28-20-6-8-21(9-7-20)29-10-12-31-13-11-29/h2-9,14-16H,10-13,17H2,1H3. The molecule has 0 atom stereocenters. The van der Waals surface area contributed by atoms with E-state index in [9.17, 15) is 4.39 Å². The number of morpholine rings is 1. The summed E-state index contributed by atoms with van der Waals surface area (Å²) in [5.41, 5.74) is 3.44. The van der Waals surface area contributed by atoms with Gasteiger partial charge in [-0.15, -0.1) is 0 Å². The van der Waals surface area contributed by atoms with Gasteiger partial charge in [0.25, 0.3) is 0 Å². The van der Waals surface area contributed by atoms with E-state index in [2.05, 4.69) is 44.6 Å². The Morgan fingerprint density at radius 1 is 1.09 bits per heavy atom. The van der Waals surface area contributed by atoms with E-state index in [0.29, 0.717) is 17.1 Å². The van der Waals surface area contributed by atoms with Crippen LogP contribution in [0.2, 0.25) is 0 Å². The summed E-state index contributed by atoms with van der Waals surface area (Å²) in [7, 11) is 1.59. The molecular formula is C25H24FIN2O3. The molecule has 1 aliphatic heterocycles. The van der Waals surface area contributed by atoms with Crippen molar-refractivity contribution in [1.82, 2.24) is 0 Å². The molecule has 1 fully saturated rings. The number of halogens is 2. The van der Waals surface area contributed by atoms with Crippen LogP contribution in [0.1, 0.15) is 11.1 Å². The number of hydrogen-bond acceptors (Lipinski definition) is 5. The Bertz CT molecular complexity index is 1080. The molecule has 0 amide bonds. The summed E-state index contributed by atoms with van der Waals surface area (Å²) in [4.78, 5) is 6.91. The Balaban J connectivity index is 1.46. The molecule has 0 N–H and O–H groups in total. The lowest BCUT2D eigenvalue weighted by Crippen LogP contribution is -2.36. The number of rotatable bonds is 7. The van der Waals surface area contributed by atoms with Gasteiger partial charge in [0.1, 0.15) is 12.4 Å². The van der Waals surface area contributed by atoms with Gasteiger partial charge in [0.2, 0.25) is 0 Å². The van der Waals surface area contributed by atoms with Gasteiger partial charge < -0.3 is 19.1 Å².